The van der Waals surface area contributed by atoms with Crippen LogP contribution in [0.5, 0.6) is 0 Å². The van der Waals surface area contributed by atoms with Gasteiger partial charge in [-0.1, -0.05) is 36.4 Å². The van der Waals surface area contributed by atoms with Crippen molar-refractivity contribution in [2.45, 2.75) is 6.42 Å². The van der Waals surface area contributed by atoms with Crippen molar-refractivity contribution < 1.29 is 14.3 Å². The predicted molar refractivity (Wildman–Crippen MR) is 99.7 cm³/mol. The number of carbonyl (C=O) groups excluding carboxylic acids is 2. The number of aromatic nitrogens is 3. The molecule has 2 N–H and O–H groups in total. The minimum absolute atomic E-state index is 0.140. The summed E-state index contributed by atoms with van der Waals surface area (Å²) in [6, 6.07) is 14.3. The van der Waals surface area contributed by atoms with Gasteiger partial charge in [0.25, 0.3) is 5.56 Å². The number of hydrogen-bond acceptors (Lipinski definition) is 5. The number of Topliss-reactive ketones (excluding diaryl/α,β-unsaturated/α-hetero) is 1. The minimum atomic E-state index is -0.590. The van der Waals surface area contributed by atoms with Gasteiger partial charge in [0.05, 0.1) is 17.5 Å². The molecular weight excluding hydrogens is 346 g/mol. The van der Waals surface area contributed by atoms with Crippen LogP contribution < -0.4 is 5.56 Å². The average Bonchev–Trinajstić information content (AvgIpc) is 3.13. The van der Waals surface area contributed by atoms with E-state index in [1.807, 2.05) is 24.3 Å². The molecule has 0 spiro atoms. The highest BCUT2D eigenvalue weighted by atomic mass is 16.5. The van der Waals surface area contributed by atoms with Crippen LogP contribution in [0, 0.1) is 0 Å². The molecule has 0 bridgehead atoms. The molecule has 0 saturated carbocycles. The summed E-state index contributed by atoms with van der Waals surface area (Å²) in [4.78, 5) is 39.3. The molecule has 134 valence electrons. The van der Waals surface area contributed by atoms with E-state index in [9.17, 15) is 14.4 Å². The van der Waals surface area contributed by atoms with E-state index in [0.29, 0.717) is 22.0 Å². The predicted octanol–water partition coefficient (Wildman–Crippen LogP) is 2.37. The Bertz CT molecular complexity index is 1220. The summed E-state index contributed by atoms with van der Waals surface area (Å²) in [6.07, 6.45) is 1.47. The van der Waals surface area contributed by atoms with E-state index in [1.165, 1.54) is 0 Å². The Morgan fingerprint density at radius 2 is 1.67 bits per heavy atom. The van der Waals surface area contributed by atoms with E-state index in [-0.39, 0.29) is 24.4 Å². The van der Waals surface area contributed by atoms with Crippen LogP contribution in [0.3, 0.4) is 0 Å². The number of rotatable bonds is 5. The van der Waals surface area contributed by atoms with Crippen molar-refractivity contribution in [1.29, 1.82) is 0 Å². The zero-order valence-electron chi connectivity index (χ0n) is 14.2. The van der Waals surface area contributed by atoms with E-state index in [0.717, 1.165) is 10.9 Å². The summed E-state index contributed by atoms with van der Waals surface area (Å²) in [7, 11) is 0. The molecule has 0 fully saturated rings. The maximum atomic E-state index is 12.4. The number of carbonyl (C=O) groups is 2. The number of esters is 1. The molecule has 2 aromatic heterocycles. The van der Waals surface area contributed by atoms with E-state index in [4.69, 9.17) is 4.74 Å². The molecule has 0 aliphatic carbocycles. The molecule has 0 saturated heterocycles. The molecule has 7 nitrogen and oxygen atoms in total. The van der Waals surface area contributed by atoms with Crippen LogP contribution in [-0.4, -0.2) is 33.5 Å². The van der Waals surface area contributed by atoms with E-state index < -0.39 is 5.97 Å². The number of nitrogens with zero attached hydrogens (tertiary/aromatic N) is 1. The number of nitrogens with one attached hydrogen (secondary N) is 2. The van der Waals surface area contributed by atoms with E-state index >= 15 is 0 Å². The molecule has 27 heavy (non-hydrogen) atoms. The van der Waals surface area contributed by atoms with Crippen LogP contribution in [0.15, 0.2) is 59.5 Å². The first-order valence-electron chi connectivity index (χ1n) is 8.35. The van der Waals surface area contributed by atoms with Crippen LogP contribution in [0.25, 0.3) is 21.7 Å². The zero-order valence-corrected chi connectivity index (χ0v) is 14.2. The van der Waals surface area contributed by atoms with Crippen molar-refractivity contribution in [2.75, 3.05) is 6.61 Å². The largest absolute Gasteiger partial charge is 0.457 e. The standard InChI is InChI=1S/C20H15N3O4/c24-18(15-10-21-16-8-4-3-6-13(15)16)11-27-19(25)9-17-12-5-1-2-7-14(12)20(26)23-22-17/h1-8,10,21H,9,11H2,(H,23,26). The first-order valence-corrected chi connectivity index (χ1v) is 8.35. The van der Waals surface area contributed by atoms with Crippen molar-refractivity contribution in [3.05, 3.63) is 76.3 Å². The van der Waals surface area contributed by atoms with Gasteiger partial charge in [-0.05, 0) is 12.1 Å². The molecule has 0 amide bonds. The Kier molecular flexibility index (Phi) is 4.25. The number of hydrogen-bond donors (Lipinski definition) is 2. The number of fused-ring (bicyclic) bond motifs is 2. The van der Waals surface area contributed by atoms with E-state index in [1.54, 1.807) is 30.5 Å². The summed E-state index contributed by atoms with van der Waals surface area (Å²) >= 11 is 0. The summed E-state index contributed by atoms with van der Waals surface area (Å²) in [6.45, 7) is -0.359. The molecule has 0 unspecified atom stereocenters. The summed E-state index contributed by atoms with van der Waals surface area (Å²) < 4.78 is 5.13. The monoisotopic (exact) mass is 361 g/mol. The Balaban J connectivity index is 1.47. The second kappa shape index (κ2) is 6.87. The summed E-state index contributed by atoms with van der Waals surface area (Å²) in [5.41, 5.74) is 1.40. The van der Waals surface area contributed by atoms with Crippen LogP contribution in [0.2, 0.25) is 0 Å². The second-order valence-electron chi connectivity index (χ2n) is 6.05. The normalized spacial score (nSPS) is 11.0. The third-order valence-electron chi connectivity index (χ3n) is 4.34. The Labute approximate surface area is 153 Å². The molecule has 2 aromatic carbocycles. The van der Waals surface area contributed by atoms with Crippen LogP contribution >= 0.6 is 0 Å². The van der Waals surface area contributed by atoms with Gasteiger partial charge >= 0.3 is 5.97 Å². The highest BCUT2D eigenvalue weighted by Crippen LogP contribution is 2.18. The number of benzene rings is 2. The van der Waals surface area contributed by atoms with Crippen molar-refractivity contribution in [2.24, 2.45) is 0 Å². The molecule has 0 radical (unpaired) electrons. The molecule has 7 heteroatoms. The lowest BCUT2D eigenvalue weighted by Gasteiger charge is -2.06. The van der Waals surface area contributed by atoms with Gasteiger partial charge in [-0.2, -0.15) is 5.10 Å². The lowest BCUT2D eigenvalue weighted by molar-refractivity contribution is -0.141. The van der Waals surface area contributed by atoms with Crippen molar-refractivity contribution in [3.8, 4) is 0 Å². The maximum Gasteiger partial charge on any atom is 0.312 e. The second-order valence-corrected chi connectivity index (χ2v) is 6.05. The fraction of sp³-hybridized carbons (Fsp3) is 0.100. The van der Waals surface area contributed by atoms with Crippen molar-refractivity contribution in [1.82, 2.24) is 15.2 Å². The molecular formula is C20H15N3O4. The van der Waals surface area contributed by atoms with Gasteiger partial charge in [-0.3, -0.25) is 14.4 Å². The Morgan fingerprint density at radius 3 is 2.48 bits per heavy atom. The van der Waals surface area contributed by atoms with Gasteiger partial charge in [-0.15, -0.1) is 0 Å². The van der Waals surface area contributed by atoms with Gasteiger partial charge in [0.15, 0.2) is 6.61 Å². The lowest BCUT2D eigenvalue weighted by atomic mass is 10.1. The molecule has 2 heterocycles. The average molecular weight is 361 g/mol. The topological polar surface area (TPSA) is 105 Å². The Morgan fingerprint density at radius 1 is 0.963 bits per heavy atom. The number of ketones is 1. The van der Waals surface area contributed by atoms with Crippen LogP contribution in [0.4, 0.5) is 0 Å². The number of aromatic amines is 2. The Hall–Kier alpha value is -3.74. The first kappa shape index (κ1) is 16.7. The van der Waals surface area contributed by atoms with Crippen LogP contribution in [-0.2, 0) is 16.0 Å². The van der Waals surface area contributed by atoms with E-state index in [2.05, 4.69) is 15.2 Å². The zero-order chi connectivity index (χ0) is 18.8. The minimum Gasteiger partial charge on any atom is -0.457 e. The quantitative estimate of drug-likeness (QED) is 0.419. The molecule has 0 atom stereocenters. The maximum absolute atomic E-state index is 12.4. The third kappa shape index (κ3) is 3.22. The van der Waals surface area contributed by atoms with Gasteiger partial charge < -0.3 is 9.72 Å². The van der Waals surface area contributed by atoms with Gasteiger partial charge in [0.2, 0.25) is 5.78 Å². The fourth-order valence-corrected chi connectivity index (χ4v) is 3.02. The van der Waals surface area contributed by atoms with Crippen LogP contribution in [0.1, 0.15) is 16.1 Å². The fourth-order valence-electron chi connectivity index (χ4n) is 3.02. The van der Waals surface area contributed by atoms with Crippen molar-refractivity contribution >= 4 is 33.4 Å². The first-order chi connectivity index (χ1) is 13.1. The SMILES string of the molecule is O=C(Cc1n[nH]c(=O)c2ccccc12)OCC(=O)c1c[nH]c2ccccc12. The smallest absolute Gasteiger partial charge is 0.312 e. The van der Waals surface area contributed by atoms with Crippen molar-refractivity contribution in [3.63, 3.8) is 0 Å². The molecule has 4 aromatic rings. The third-order valence-corrected chi connectivity index (χ3v) is 4.34. The lowest BCUT2D eigenvalue weighted by Crippen LogP contribution is -2.18. The molecule has 4 rings (SSSR count). The van der Waals surface area contributed by atoms with Gasteiger partial charge in [-0.25, -0.2) is 5.10 Å². The number of ether oxygens (including phenoxy) is 1. The number of para-hydroxylation sites is 1. The highest BCUT2D eigenvalue weighted by Gasteiger charge is 2.16. The van der Waals surface area contributed by atoms with Gasteiger partial charge in [0.1, 0.15) is 0 Å². The molecule has 0 aliphatic rings. The summed E-state index contributed by atoms with van der Waals surface area (Å²) in [5.74, 6) is -0.882. The molecule has 0 aliphatic heterocycles. The van der Waals surface area contributed by atoms with Gasteiger partial charge in [0, 0.05) is 28.0 Å². The number of H-pyrrole nitrogens is 2. The summed E-state index contributed by atoms with van der Waals surface area (Å²) in [5, 5.41) is 8.13. The highest BCUT2D eigenvalue weighted by molar-refractivity contribution is 6.08.